The van der Waals surface area contributed by atoms with Gasteiger partial charge in [-0.1, -0.05) is 0 Å². The predicted octanol–water partition coefficient (Wildman–Crippen LogP) is 1.09. The Morgan fingerprint density at radius 2 is 2.86 bits per heavy atom. The highest BCUT2D eigenvalue weighted by Gasteiger charge is 1.84. The molecule has 7 heavy (non-hydrogen) atoms. The highest BCUT2D eigenvalue weighted by atomic mass is 16.3. The summed E-state index contributed by atoms with van der Waals surface area (Å²) in [7, 11) is 0. The van der Waals surface area contributed by atoms with Gasteiger partial charge in [-0.2, -0.15) is 0 Å². The zero-order valence-corrected chi connectivity index (χ0v) is 3.55. The maximum absolute atomic E-state index is 10.1. The minimum absolute atomic E-state index is 0.0880. The van der Waals surface area contributed by atoms with Crippen molar-refractivity contribution in [2.45, 2.75) is 0 Å². The maximum Gasteiger partial charge on any atom is 0.185 e. The first-order valence-corrected chi connectivity index (χ1v) is 1.85. The molecule has 1 rings (SSSR count). The number of carbonyl (C=O) groups excluding carboxylic acids is 1. The van der Waals surface area contributed by atoms with Crippen LogP contribution in [0.4, 0.5) is 0 Å². The molecule has 0 aliphatic heterocycles. The van der Waals surface area contributed by atoms with Gasteiger partial charge >= 0.3 is 0 Å². The van der Waals surface area contributed by atoms with Crippen molar-refractivity contribution in [1.82, 2.24) is 0 Å². The van der Waals surface area contributed by atoms with Gasteiger partial charge in [-0.3, -0.25) is 4.79 Å². The molecule has 36 valence electrons. The molecule has 0 aliphatic rings. The fourth-order valence-electron chi connectivity index (χ4n) is 0.337. The molecule has 0 unspecified atom stereocenters. The molecule has 2 nitrogen and oxygen atoms in total. The van der Waals surface area contributed by atoms with E-state index in [4.69, 9.17) is 1.37 Å². The number of rotatable bonds is 1. The lowest BCUT2D eigenvalue weighted by Crippen LogP contribution is -1.65. The Morgan fingerprint density at radius 3 is 3.14 bits per heavy atom. The van der Waals surface area contributed by atoms with Crippen LogP contribution in [0.5, 0.6) is 0 Å². The molecule has 0 fully saturated rings. The quantitative estimate of drug-likeness (QED) is 0.491. The summed E-state index contributed by atoms with van der Waals surface area (Å²) in [6, 6.07) is 3.02. The second kappa shape index (κ2) is 1.60. The molecule has 0 saturated carbocycles. The van der Waals surface area contributed by atoms with Crippen molar-refractivity contribution < 1.29 is 10.6 Å². The van der Waals surface area contributed by atoms with Crippen LogP contribution in [0.1, 0.15) is 11.9 Å². The molecule has 2 heteroatoms. The van der Waals surface area contributed by atoms with Crippen molar-refractivity contribution in [3.8, 4) is 0 Å². The molecular weight excluding hydrogens is 92.1 g/mol. The fraction of sp³-hybridized carbons (Fsp3) is 0. The molecule has 1 aromatic heterocycles. The molecule has 0 aliphatic carbocycles. The molecule has 0 spiro atoms. The van der Waals surface area contributed by atoms with E-state index in [1.807, 2.05) is 0 Å². The van der Waals surface area contributed by atoms with E-state index in [2.05, 4.69) is 4.42 Å². The summed E-state index contributed by atoms with van der Waals surface area (Å²) in [6.07, 6.45) is 0.580. The van der Waals surface area contributed by atoms with E-state index < -0.39 is 6.26 Å². The van der Waals surface area contributed by atoms with E-state index >= 15 is 0 Å². The first-order valence-electron chi connectivity index (χ1n) is 2.35. The van der Waals surface area contributed by atoms with E-state index in [9.17, 15) is 4.79 Å². The zero-order valence-electron chi connectivity index (χ0n) is 4.55. The van der Waals surface area contributed by atoms with Crippen LogP contribution in [0, 0.1) is 0 Å². The minimum Gasteiger partial charge on any atom is -0.462 e. The summed E-state index contributed by atoms with van der Waals surface area (Å²) in [5.41, 5.74) is 0. The zero-order chi connectivity index (χ0) is 5.98. The van der Waals surface area contributed by atoms with Gasteiger partial charge in [-0.25, -0.2) is 0 Å². The predicted molar refractivity (Wildman–Crippen MR) is 24.1 cm³/mol. The van der Waals surface area contributed by atoms with Gasteiger partial charge in [-0.05, 0) is 12.1 Å². The second-order valence-electron chi connectivity index (χ2n) is 1.08. The first-order chi connectivity index (χ1) is 3.80. The third-order valence-electron chi connectivity index (χ3n) is 0.622. The molecule has 0 aromatic carbocycles. The second-order valence-corrected chi connectivity index (χ2v) is 1.08. The van der Waals surface area contributed by atoms with Crippen molar-refractivity contribution in [3.63, 3.8) is 0 Å². The van der Waals surface area contributed by atoms with Crippen molar-refractivity contribution >= 4 is 6.26 Å². The molecule has 0 N–H and O–H groups in total. The Kier molecular flexibility index (Phi) is 0.689. The van der Waals surface area contributed by atoms with Gasteiger partial charge in [0.2, 0.25) is 0 Å². The Balaban J connectivity index is 2.93. The van der Waals surface area contributed by atoms with Crippen LogP contribution in [0.3, 0.4) is 0 Å². The lowest BCUT2D eigenvalue weighted by molar-refractivity contribution is 0.110. The molecular formula is C5H4O2. The van der Waals surface area contributed by atoms with Gasteiger partial charge in [0.25, 0.3) is 0 Å². The lowest BCUT2D eigenvalue weighted by atomic mass is 10.5. The molecule has 0 amide bonds. The first kappa shape index (κ1) is 3.02. The van der Waals surface area contributed by atoms with E-state index in [0.29, 0.717) is 0 Å². The van der Waals surface area contributed by atoms with E-state index in [1.54, 1.807) is 6.07 Å². The summed E-state index contributed by atoms with van der Waals surface area (Å²) in [5.74, 6) is 0.0880. The number of hydrogen-bond acceptors (Lipinski definition) is 2. The van der Waals surface area contributed by atoms with Gasteiger partial charge in [0.15, 0.2) is 12.0 Å². The summed E-state index contributed by atoms with van der Waals surface area (Å²) in [6.45, 7) is 0. The summed E-state index contributed by atoms with van der Waals surface area (Å²) in [4.78, 5) is 10.1. The monoisotopic (exact) mass is 97.0 g/mol. The SMILES string of the molecule is [2H]C(=O)c1ccco1. The van der Waals surface area contributed by atoms with Crippen LogP contribution in [0.25, 0.3) is 0 Å². The minimum atomic E-state index is -0.782. The van der Waals surface area contributed by atoms with E-state index in [1.165, 1.54) is 12.3 Å². The number of aldehydes is 1. The average Bonchev–Trinajstić information content (AvgIpc) is 2.12. The van der Waals surface area contributed by atoms with Gasteiger partial charge in [0.1, 0.15) is 1.37 Å². The number of hydrogen-bond donors (Lipinski definition) is 0. The normalized spacial score (nSPS) is 10.6. The summed E-state index contributed by atoms with van der Waals surface area (Å²) >= 11 is 0. The van der Waals surface area contributed by atoms with Crippen LogP contribution in [-0.2, 0) is 0 Å². The van der Waals surface area contributed by atoms with Crippen molar-refractivity contribution in [1.29, 1.82) is 0 Å². The Labute approximate surface area is 42.2 Å². The molecule has 0 bridgehead atoms. The molecule has 1 aromatic rings. The highest BCUT2D eigenvalue weighted by Crippen LogP contribution is 1.92. The van der Waals surface area contributed by atoms with Crippen molar-refractivity contribution in [2.24, 2.45) is 0 Å². The lowest BCUT2D eigenvalue weighted by Gasteiger charge is -1.68. The molecule has 0 radical (unpaired) electrons. The van der Waals surface area contributed by atoms with Crippen LogP contribution in [0.15, 0.2) is 22.8 Å². The van der Waals surface area contributed by atoms with Crippen LogP contribution in [0.2, 0.25) is 0 Å². The van der Waals surface area contributed by atoms with E-state index in [0.717, 1.165) is 0 Å². The molecule has 1 heterocycles. The topological polar surface area (TPSA) is 30.2 Å². The summed E-state index contributed by atoms with van der Waals surface area (Å²) in [5, 5.41) is 0. The third kappa shape index (κ3) is 0.682. The van der Waals surface area contributed by atoms with Crippen LogP contribution < -0.4 is 0 Å². The smallest absolute Gasteiger partial charge is 0.185 e. The number of furan rings is 1. The van der Waals surface area contributed by atoms with Gasteiger partial charge < -0.3 is 4.42 Å². The Morgan fingerprint density at radius 1 is 2.00 bits per heavy atom. The maximum atomic E-state index is 10.1. The van der Waals surface area contributed by atoms with Crippen molar-refractivity contribution in [2.75, 3.05) is 0 Å². The number of carbonyl (C=O) groups is 1. The standard InChI is InChI=1S/C5H4O2/c6-4-5-2-1-3-7-5/h1-4H/i4D. The molecule has 0 atom stereocenters. The van der Waals surface area contributed by atoms with Gasteiger partial charge in [0, 0.05) is 0 Å². The van der Waals surface area contributed by atoms with Crippen LogP contribution >= 0.6 is 0 Å². The van der Waals surface area contributed by atoms with Gasteiger partial charge in [0.05, 0.1) is 6.26 Å². The van der Waals surface area contributed by atoms with Crippen LogP contribution in [-0.4, -0.2) is 6.26 Å². The largest absolute Gasteiger partial charge is 0.462 e. The fourth-order valence-corrected chi connectivity index (χ4v) is 0.337. The summed E-state index contributed by atoms with van der Waals surface area (Å²) < 4.78 is 11.1. The highest BCUT2D eigenvalue weighted by molar-refractivity contribution is 5.69. The van der Waals surface area contributed by atoms with Gasteiger partial charge in [-0.15, -0.1) is 0 Å². The van der Waals surface area contributed by atoms with Crippen molar-refractivity contribution in [3.05, 3.63) is 24.2 Å². The molecule has 0 saturated heterocycles. The average molecular weight is 97.1 g/mol. The third-order valence-corrected chi connectivity index (χ3v) is 0.622. The Bertz CT molecular complexity index is 178. The van der Waals surface area contributed by atoms with E-state index in [-0.39, 0.29) is 5.76 Å². The Hall–Kier alpha value is -1.05.